The van der Waals surface area contributed by atoms with Crippen LogP contribution < -0.4 is 20.3 Å². The van der Waals surface area contributed by atoms with E-state index in [0.29, 0.717) is 54.3 Å². The lowest BCUT2D eigenvalue weighted by atomic mass is 10.1. The van der Waals surface area contributed by atoms with Gasteiger partial charge in [0.2, 0.25) is 0 Å². The minimum absolute atomic E-state index is 0.00735. The molecule has 1 fully saturated rings. The van der Waals surface area contributed by atoms with Crippen molar-refractivity contribution in [3.8, 4) is 5.75 Å². The highest BCUT2D eigenvalue weighted by Crippen LogP contribution is 2.29. The van der Waals surface area contributed by atoms with Crippen LogP contribution in [0.4, 0.5) is 11.4 Å². The quantitative estimate of drug-likeness (QED) is 0.367. The summed E-state index contributed by atoms with van der Waals surface area (Å²) in [6, 6.07) is 20.9. The van der Waals surface area contributed by atoms with Gasteiger partial charge < -0.3 is 24.6 Å². The number of rotatable bonds is 6. The lowest BCUT2D eigenvalue weighted by Crippen LogP contribution is -2.49. The summed E-state index contributed by atoms with van der Waals surface area (Å²) in [4.78, 5) is 41.6. The predicted molar refractivity (Wildman–Crippen MR) is 149 cm³/mol. The first-order chi connectivity index (χ1) is 18.4. The monoisotopic (exact) mass is 532 g/mol. The number of ether oxygens (including phenoxy) is 2. The van der Waals surface area contributed by atoms with Crippen molar-refractivity contribution in [1.29, 1.82) is 0 Å². The molecule has 1 aliphatic heterocycles. The number of hydrogen-bond acceptors (Lipinski definition) is 7. The van der Waals surface area contributed by atoms with Crippen LogP contribution in [0.3, 0.4) is 0 Å². The number of methoxy groups -OCH3 is 2. The third-order valence-electron chi connectivity index (χ3n) is 6.17. The third kappa shape index (κ3) is 6.27. The van der Waals surface area contributed by atoms with Gasteiger partial charge in [-0.1, -0.05) is 18.2 Å². The molecule has 3 aromatic rings. The lowest BCUT2D eigenvalue weighted by molar-refractivity contribution is 0.0600. The average molecular weight is 533 g/mol. The zero-order chi connectivity index (χ0) is 27.1. The van der Waals surface area contributed by atoms with Gasteiger partial charge in [-0.05, 0) is 66.8 Å². The second-order valence-electron chi connectivity index (χ2n) is 8.51. The maximum atomic E-state index is 12.8. The molecule has 3 aromatic carbocycles. The molecule has 0 radical (unpaired) electrons. The molecule has 1 aliphatic rings. The first-order valence-corrected chi connectivity index (χ1v) is 12.4. The van der Waals surface area contributed by atoms with Crippen molar-refractivity contribution in [1.82, 2.24) is 10.2 Å². The van der Waals surface area contributed by atoms with E-state index in [-0.39, 0.29) is 16.9 Å². The summed E-state index contributed by atoms with van der Waals surface area (Å²) in [6.07, 6.45) is 0. The van der Waals surface area contributed by atoms with Gasteiger partial charge in [0.25, 0.3) is 11.8 Å². The SMILES string of the molecule is COC(=O)c1ccc(N2CCN(C(=O)c3ccccc3)CC2)c(NC(=S)NC(=O)c2ccc(OC)cc2)c1. The molecule has 38 heavy (non-hydrogen) atoms. The first-order valence-electron chi connectivity index (χ1n) is 12.0. The molecule has 0 saturated carbocycles. The third-order valence-corrected chi connectivity index (χ3v) is 6.38. The van der Waals surface area contributed by atoms with Crippen molar-refractivity contribution >= 4 is 46.5 Å². The van der Waals surface area contributed by atoms with E-state index in [2.05, 4.69) is 15.5 Å². The Morgan fingerprint density at radius 3 is 2.11 bits per heavy atom. The summed E-state index contributed by atoms with van der Waals surface area (Å²) in [5.41, 5.74) is 2.73. The lowest BCUT2D eigenvalue weighted by Gasteiger charge is -2.37. The number of hydrogen-bond donors (Lipinski definition) is 2. The summed E-state index contributed by atoms with van der Waals surface area (Å²) in [5.74, 6) is -0.251. The van der Waals surface area contributed by atoms with E-state index in [1.54, 1.807) is 49.6 Å². The number of anilines is 2. The van der Waals surface area contributed by atoms with E-state index < -0.39 is 5.97 Å². The van der Waals surface area contributed by atoms with E-state index in [1.165, 1.54) is 7.11 Å². The van der Waals surface area contributed by atoms with Crippen LogP contribution in [0.5, 0.6) is 5.75 Å². The fourth-order valence-corrected chi connectivity index (χ4v) is 4.34. The van der Waals surface area contributed by atoms with Crippen molar-refractivity contribution in [2.75, 3.05) is 50.6 Å². The van der Waals surface area contributed by atoms with Gasteiger partial charge in [-0.2, -0.15) is 0 Å². The van der Waals surface area contributed by atoms with Gasteiger partial charge in [-0.15, -0.1) is 0 Å². The molecule has 1 heterocycles. The minimum atomic E-state index is -0.494. The number of carbonyl (C=O) groups is 3. The molecule has 0 unspecified atom stereocenters. The highest BCUT2D eigenvalue weighted by molar-refractivity contribution is 7.80. The second-order valence-corrected chi connectivity index (χ2v) is 8.91. The fraction of sp³-hybridized carbons (Fsp3) is 0.214. The van der Waals surface area contributed by atoms with Gasteiger partial charge >= 0.3 is 5.97 Å². The van der Waals surface area contributed by atoms with Crippen LogP contribution in [0.15, 0.2) is 72.8 Å². The summed E-state index contributed by atoms with van der Waals surface area (Å²) >= 11 is 5.41. The zero-order valence-corrected chi connectivity index (χ0v) is 21.9. The molecule has 9 nitrogen and oxygen atoms in total. The summed E-state index contributed by atoms with van der Waals surface area (Å²) < 4.78 is 10.00. The number of piperazine rings is 1. The van der Waals surface area contributed by atoms with E-state index >= 15 is 0 Å². The van der Waals surface area contributed by atoms with Crippen molar-refractivity contribution in [3.63, 3.8) is 0 Å². The molecular weight excluding hydrogens is 504 g/mol. The van der Waals surface area contributed by atoms with Gasteiger partial charge in [0, 0.05) is 37.3 Å². The summed E-state index contributed by atoms with van der Waals surface area (Å²) in [6.45, 7) is 2.22. The molecule has 1 saturated heterocycles. The standard InChI is InChI=1S/C28H28N4O5S/c1-36-22-11-8-19(9-12-22)25(33)30-28(38)29-23-18-21(27(35)37-2)10-13-24(23)31-14-16-32(17-15-31)26(34)20-6-4-3-5-7-20/h3-13,18H,14-17H2,1-2H3,(H2,29,30,33,38). The first kappa shape index (κ1) is 26.6. The Balaban J connectivity index is 1.47. The maximum absolute atomic E-state index is 12.8. The van der Waals surface area contributed by atoms with E-state index in [1.807, 2.05) is 35.2 Å². The number of nitrogens with zero attached hydrogens (tertiary/aromatic N) is 2. The molecule has 0 aromatic heterocycles. The Kier molecular flexibility index (Phi) is 8.55. The smallest absolute Gasteiger partial charge is 0.337 e. The Hall–Kier alpha value is -4.44. The van der Waals surface area contributed by atoms with Crippen molar-refractivity contribution < 1.29 is 23.9 Å². The molecule has 0 aliphatic carbocycles. The Bertz CT molecular complexity index is 1320. The minimum Gasteiger partial charge on any atom is -0.497 e. The average Bonchev–Trinajstić information content (AvgIpc) is 2.96. The molecule has 0 spiro atoms. The van der Waals surface area contributed by atoms with E-state index in [4.69, 9.17) is 21.7 Å². The highest BCUT2D eigenvalue weighted by atomic mass is 32.1. The summed E-state index contributed by atoms with van der Waals surface area (Å²) in [7, 11) is 2.86. The molecule has 0 bridgehead atoms. The van der Waals surface area contributed by atoms with Gasteiger partial charge in [0.15, 0.2) is 5.11 Å². The molecular formula is C28H28N4O5S. The van der Waals surface area contributed by atoms with Crippen LogP contribution in [0, 0.1) is 0 Å². The zero-order valence-electron chi connectivity index (χ0n) is 21.1. The number of nitrogens with one attached hydrogen (secondary N) is 2. The molecule has 10 heteroatoms. The normalized spacial score (nSPS) is 12.9. The molecule has 4 rings (SSSR count). The molecule has 196 valence electrons. The molecule has 2 N–H and O–H groups in total. The Morgan fingerprint density at radius 1 is 0.816 bits per heavy atom. The van der Waals surface area contributed by atoms with Crippen molar-refractivity contribution in [2.45, 2.75) is 0 Å². The topological polar surface area (TPSA) is 100 Å². The van der Waals surface area contributed by atoms with Gasteiger partial charge in [0.05, 0.1) is 31.2 Å². The molecule has 0 atom stereocenters. The van der Waals surface area contributed by atoms with Crippen LogP contribution in [0.25, 0.3) is 0 Å². The fourth-order valence-electron chi connectivity index (χ4n) is 4.14. The van der Waals surface area contributed by atoms with Crippen LogP contribution >= 0.6 is 12.2 Å². The van der Waals surface area contributed by atoms with Crippen LogP contribution in [-0.4, -0.2) is 68.2 Å². The van der Waals surface area contributed by atoms with Crippen LogP contribution in [0.2, 0.25) is 0 Å². The number of carbonyl (C=O) groups excluding carboxylic acids is 3. The number of esters is 1. The predicted octanol–water partition coefficient (Wildman–Crippen LogP) is 3.57. The maximum Gasteiger partial charge on any atom is 0.337 e. The van der Waals surface area contributed by atoms with Gasteiger partial charge in [-0.25, -0.2) is 4.79 Å². The van der Waals surface area contributed by atoms with Crippen molar-refractivity contribution in [3.05, 3.63) is 89.5 Å². The second kappa shape index (κ2) is 12.2. The number of thiocarbonyl (C=S) groups is 1. The largest absolute Gasteiger partial charge is 0.497 e. The number of amides is 2. The van der Waals surface area contributed by atoms with E-state index in [9.17, 15) is 14.4 Å². The van der Waals surface area contributed by atoms with Crippen LogP contribution in [-0.2, 0) is 4.74 Å². The highest BCUT2D eigenvalue weighted by Gasteiger charge is 2.24. The van der Waals surface area contributed by atoms with Gasteiger partial charge in [0.1, 0.15) is 5.75 Å². The molecule has 2 amide bonds. The summed E-state index contributed by atoms with van der Waals surface area (Å²) in [5, 5.41) is 5.80. The van der Waals surface area contributed by atoms with Crippen LogP contribution in [0.1, 0.15) is 31.1 Å². The van der Waals surface area contributed by atoms with Gasteiger partial charge in [-0.3, -0.25) is 14.9 Å². The number of benzene rings is 3. The Morgan fingerprint density at radius 2 is 1.47 bits per heavy atom. The Labute approximate surface area is 226 Å². The van der Waals surface area contributed by atoms with E-state index in [0.717, 1.165) is 5.69 Å². The van der Waals surface area contributed by atoms with Crippen molar-refractivity contribution in [2.24, 2.45) is 0 Å².